The zero-order chi connectivity index (χ0) is 17.7. The molecule has 9 heteroatoms. The first-order valence-corrected chi connectivity index (χ1v) is 7.94. The topological polar surface area (TPSA) is 104 Å². The molecule has 126 valence electrons. The van der Waals surface area contributed by atoms with Crippen LogP contribution in [0, 0.1) is 6.92 Å². The number of aryl methyl sites for hydroxylation is 1. The molecule has 0 unspecified atom stereocenters. The summed E-state index contributed by atoms with van der Waals surface area (Å²) in [5.74, 6) is -0.396. The summed E-state index contributed by atoms with van der Waals surface area (Å²) in [7, 11) is 0. The summed E-state index contributed by atoms with van der Waals surface area (Å²) in [6.07, 6.45) is 0. The number of carboxylic acid groups (broad SMARTS) is 1. The molecule has 0 spiro atoms. The molecular formula is C16H10Cl2N4O3. The van der Waals surface area contributed by atoms with Gasteiger partial charge in [-0.05, 0) is 18.2 Å². The molecule has 2 aromatic carbocycles. The van der Waals surface area contributed by atoms with E-state index in [9.17, 15) is 9.90 Å². The van der Waals surface area contributed by atoms with E-state index >= 15 is 0 Å². The van der Waals surface area contributed by atoms with E-state index in [-0.39, 0.29) is 11.1 Å². The van der Waals surface area contributed by atoms with E-state index in [0.717, 1.165) is 0 Å². The first-order chi connectivity index (χ1) is 11.9. The molecule has 25 heavy (non-hydrogen) atoms. The van der Waals surface area contributed by atoms with Crippen molar-refractivity contribution in [3.05, 3.63) is 45.8 Å². The number of halogens is 2. The monoisotopic (exact) mass is 376 g/mol. The number of aromatic amines is 1. The van der Waals surface area contributed by atoms with Crippen molar-refractivity contribution in [1.29, 1.82) is 0 Å². The zero-order valence-electron chi connectivity index (χ0n) is 12.7. The fourth-order valence-corrected chi connectivity index (χ4v) is 3.10. The third-order valence-electron chi connectivity index (χ3n) is 3.66. The molecule has 0 amide bonds. The Morgan fingerprint density at radius 1 is 1.24 bits per heavy atom. The zero-order valence-corrected chi connectivity index (χ0v) is 14.2. The molecule has 0 bridgehead atoms. The van der Waals surface area contributed by atoms with Crippen LogP contribution in [0.2, 0.25) is 10.0 Å². The molecule has 0 radical (unpaired) electrons. The summed E-state index contributed by atoms with van der Waals surface area (Å²) in [6, 6.07) is 6.58. The van der Waals surface area contributed by atoms with Crippen LogP contribution in [0.15, 0.2) is 28.7 Å². The van der Waals surface area contributed by atoms with Crippen molar-refractivity contribution in [2.24, 2.45) is 0 Å². The molecule has 2 aromatic heterocycles. The Morgan fingerprint density at radius 2 is 1.96 bits per heavy atom. The Bertz CT molecular complexity index is 1130. The third-order valence-corrected chi connectivity index (χ3v) is 4.29. The minimum Gasteiger partial charge on any atom is -0.478 e. The molecule has 4 aromatic rings. The number of nitrogens with one attached hydrogen (secondary N) is 2. The van der Waals surface area contributed by atoms with Crippen molar-refractivity contribution in [2.45, 2.75) is 6.92 Å². The molecule has 3 N–H and O–H groups in total. The third kappa shape index (κ3) is 2.57. The highest BCUT2D eigenvalue weighted by atomic mass is 35.5. The van der Waals surface area contributed by atoms with Gasteiger partial charge in [0.2, 0.25) is 5.95 Å². The van der Waals surface area contributed by atoms with Gasteiger partial charge in [-0.25, -0.2) is 14.8 Å². The number of imidazole rings is 1. The van der Waals surface area contributed by atoms with Crippen LogP contribution < -0.4 is 5.32 Å². The normalized spacial score (nSPS) is 11.3. The molecule has 0 saturated carbocycles. The number of benzene rings is 2. The van der Waals surface area contributed by atoms with Crippen LogP contribution in [-0.4, -0.2) is 26.0 Å². The molecule has 0 aliphatic carbocycles. The van der Waals surface area contributed by atoms with E-state index in [1.54, 1.807) is 25.1 Å². The number of H-pyrrole nitrogens is 1. The predicted octanol–water partition coefficient (Wildman–Crippen LogP) is 4.76. The summed E-state index contributed by atoms with van der Waals surface area (Å²) < 4.78 is 5.43. The average Bonchev–Trinajstić information content (AvgIpc) is 3.12. The van der Waals surface area contributed by atoms with Crippen LogP contribution in [-0.2, 0) is 0 Å². The standard InChI is InChI=1S/C16H10Cl2N4O3/c1-6-19-13-12-10(5-7(15(23)24)14(13)25-6)20-16(22-12)21-11-8(17)3-2-4-9(11)18/h2-5H,1H3,(H,23,24)(H2,20,21,22). The van der Waals surface area contributed by atoms with Crippen molar-refractivity contribution in [3.63, 3.8) is 0 Å². The largest absolute Gasteiger partial charge is 0.478 e. The smallest absolute Gasteiger partial charge is 0.339 e. The predicted molar refractivity (Wildman–Crippen MR) is 95.1 cm³/mol. The quantitative estimate of drug-likeness (QED) is 0.476. The summed E-state index contributed by atoms with van der Waals surface area (Å²) in [5.41, 5.74) is 2.06. The van der Waals surface area contributed by atoms with Gasteiger partial charge in [-0.15, -0.1) is 0 Å². The Kier molecular flexibility index (Phi) is 3.55. The number of oxazole rings is 1. The van der Waals surface area contributed by atoms with E-state index in [1.807, 2.05) is 0 Å². The van der Waals surface area contributed by atoms with Gasteiger partial charge in [-0.2, -0.15) is 0 Å². The van der Waals surface area contributed by atoms with Gasteiger partial charge in [-0.3, -0.25) is 0 Å². The van der Waals surface area contributed by atoms with Crippen molar-refractivity contribution < 1.29 is 14.3 Å². The van der Waals surface area contributed by atoms with Crippen LogP contribution in [0.1, 0.15) is 16.2 Å². The van der Waals surface area contributed by atoms with Gasteiger partial charge < -0.3 is 19.8 Å². The lowest BCUT2D eigenvalue weighted by molar-refractivity contribution is 0.0698. The first-order valence-electron chi connectivity index (χ1n) is 7.18. The molecule has 0 saturated heterocycles. The Balaban J connectivity index is 1.91. The van der Waals surface area contributed by atoms with Crippen LogP contribution in [0.5, 0.6) is 0 Å². The van der Waals surface area contributed by atoms with Crippen LogP contribution in [0.3, 0.4) is 0 Å². The summed E-state index contributed by atoms with van der Waals surface area (Å²) in [5, 5.41) is 13.3. The van der Waals surface area contributed by atoms with Crippen molar-refractivity contribution in [3.8, 4) is 0 Å². The number of aromatic nitrogens is 3. The maximum atomic E-state index is 11.5. The molecule has 0 aliphatic rings. The van der Waals surface area contributed by atoms with E-state index in [2.05, 4.69) is 20.3 Å². The van der Waals surface area contributed by atoms with E-state index < -0.39 is 5.97 Å². The van der Waals surface area contributed by atoms with Crippen molar-refractivity contribution in [1.82, 2.24) is 15.0 Å². The molecule has 0 atom stereocenters. The van der Waals surface area contributed by atoms with Crippen molar-refractivity contribution >= 4 is 62.9 Å². The highest BCUT2D eigenvalue weighted by Crippen LogP contribution is 2.34. The van der Waals surface area contributed by atoms with E-state index in [0.29, 0.717) is 44.1 Å². The molecule has 2 heterocycles. The minimum atomic E-state index is -1.11. The van der Waals surface area contributed by atoms with Gasteiger partial charge in [0.15, 0.2) is 11.5 Å². The summed E-state index contributed by atoms with van der Waals surface area (Å²) in [4.78, 5) is 23.2. The molecule has 0 aliphatic heterocycles. The number of carboxylic acids is 1. The lowest BCUT2D eigenvalue weighted by Gasteiger charge is -2.06. The minimum absolute atomic E-state index is 0.00840. The first kappa shape index (κ1) is 15.7. The SMILES string of the molecule is Cc1nc2c(o1)c(C(=O)O)cc1[nH]c(Nc3c(Cl)cccc3Cl)nc12. The Labute approximate surface area is 150 Å². The van der Waals surface area contributed by atoms with Crippen LogP contribution >= 0.6 is 23.2 Å². The maximum Gasteiger partial charge on any atom is 0.339 e. The van der Waals surface area contributed by atoms with E-state index in [4.69, 9.17) is 27.6 Å². The second-order valence-electron chi connectivity index (χ2n) is 5.34. The molecule has 7 nitrogen and oxygen atoms in total. The van der Waals surface area contributed by atoms with Gasteiger partial charge in [0.1, 0.15) is 16.6 Å². The van der Waals surface area contributed by atoms with Crippen molar-refractivity contribution in [2.75, 3.05) is 5.32 Å². The van der Waals surface area contributed by atoms with Crippen LogP contribution in [0.25, 0.3) is 22.1 Å². The Morgan fingerprint density at radius 3 is 2.64 bits per heavy atom. The number of aromatic carboxylic acids is 1. The number of para-hydroxylation sites is 1. The average molecular weight is 377 g/mol. The highest BCUT2D eigenvalue weighted by molar-refractivity contribution is 6.39. The number of hydrogen-bond donors (Lipinski definition) is 3. The number of carbonyl (C=O) groups is 1. The van der Waals surface area contributed by atoms with Gasteiger partial charge >= 0.3 is 5.97 Å². The van der Waals surface area contributed by atoms with Gasteiger partial charge in [0, 0.05) is 6.92 Å². The van der Waals surface area contributed by atoms with Gasteiger partial charge in [0.05, 0.1) is 21.2 Å². The van der Waals surface area contributed by atoms with Gasteiger partial charge in [-0.1, -0.05) is 29.3 Å². The van der Waals surface area contributed by atoms with Crippen LogP contribution in [0.4, 0.5) is 11.6 Å². The molecular weight excluding hydrogens is 367 g/mol. The summed E-state index contributed by atoms with van der Waals surface area (Å²) >= 11 is 12.3. The highest BCUT2D eigenvalue weighted by Gasteiger charge is 2.20. The number of fused-ring (bicyclic) bond motifs is 3. The number of hydrogen-bond acceptors (Lipinski definition) is 5. The lowest BCUT2D eigenvalue weighted by atomic mass is 10.1. The lowest BCUT2D eigenvalue weighted by Crippen LogP contribution is -1.96. The second kappa shape index (κ2) is 5.65. The number of rotatable bonds is 3. The Hall–Kier alpha value is -2.77. The molecule has 0 fully saturated rings. The fraction of sp³-hybridized carbons (Fsp3) is 0.0625. The fourth-order valence-electron chi connectivity index (χ4n) is 2.61. The second-order valence-corrected chi connectivity index (χ2v) is 6.16. The molecule has 4 rings (SSSR count). The van der Waals surface area contributed by atoms with Gasteiger partial charge in [0.25, 0.3) is 0 Å². The number of nitrogens with zero attached hydrogens (tertiary/aromatic N) is 2. The van der Waals surface area contributed by atoms with E-state index in [1.165, 1.54) is 6.07 Å². The summed E-state index contributed by atoms with van der Waals surface area (Å²) in [6.45, 7) is 1.65. The number of anilines is 2. The maximum absolute atomic E-state index is 11.5.